The van der Waals surface area contributed by atoms with E-state index in [9.17, 15) is 9.59 Å². The molecule has 0 radical (unpaired) electrons. The molecule has 0 bridgehead atoms. The zero-order valence-corrected chi connectivity index (χ0v) is 12.0. The van der Waals surface area contributed by atoms with Crippen molar-refractivity contribution in [2.45, 2.75) is 64.5 Å². The van der Waals surface area contributed by atoms with Crippen LogP contribution in [0.3, 0.4) is 0 Å². The Morgan fingerprint density at radius 1 is 1.42 bits per heavy atom. The monoisotopic (exact) mass is 270 g/mol. The summed E-state index contributed by atoms with van der Waals surface area (Å²) in [7, 11) is 0. The van der Waals surface area contributed by atoms with E-state index < -0.39 is 5.97 Å². The standard InChI is InChI=1S/C14H26N2O3/c1-3-6-11(2)15-13(17)10-16-8-5-4-7-12(16)9-14(18)19/h11-12H,3-10H2,1-2H3,(H,15,17)(H,18,19). The summed E-state index contributed by atoms with van der Waals surface area (Å²) in [5.41, 5.74) is 0. The number of likely N-dealkylation sites (tertiary alicyclic amines) is 1. The quantitative estimate of drug-likeness (QED) is 0.737. The number of nitrogens with zero attached hydrogens (tertiary/aromatic N) is 1. The van der Waals surface area contributed by atoms with Gasteiger partial charge in [0, 0.05) is 12.1 Å². The smallest absolute Gasteiger partial charge is 0.304 e. The fraction of sp³-hybridized carbons (Fsp3) is 0.857. The number of rotatable bonds is 7. The largest absolute Gasteiger partial charge is 0.481 e. The first-order valence-corrected chi connectivity index (χ1v) is 7.28. The Hall–Kier alpha value is -1.10. The van der Waals surface area contributed by atoms with Gasteiger partial charge in [-0.05, 0) is 32.7 Å². The molecule has 1 fully saturated rings. The highest BCUT2D eigenvalue weighted by molar-refractivity contribution is 5.78. The van der Waals surface area contributed by atoms with E-state index in [-0.39, 0.29) is 24.4 Å². The highest BCUT2D eigenvalue weighted by Crippen LogP contribution is 2.19. The Labute approximate surface area is 115 Å². The number of hydrogen-bond acceptors (Lipinski definition) is 3. The van der Waals surface area contributed by atoms with Gasteiger partial charge in [0.15, 0.2) is 0 Å². The van der Waals surface area contributed by atoms with E-state index in [2.05, 4.69) is 12.2 Å². The molecule has 1 saturated heterocycles. The normalized spacial score (nSPS) is 21.9. The third-order valence-electron chi connectivity index (χ3n) is 3.64. The summed E-state index contributed by atoms with van der Waals surface area (Å²) in [5.74, 6) is -0.769. The first kappa shape index (κ1) is 16.0. The lowest BCUT2D eigenvalue weighted by Crippen LogP contribution is -2.47. The minimum atomic E-state index is -0.781. The number of carbonyl (C=O) groups excluding carboxylic acids is 1. The average Bonchev–Trinajstić information content (AvgIpc) is 2.31. The maximum absolute atomic E-state index is 11.9. The van der Waals surface area contributed by atoms with Crippen LogP contribution in [0.1, 0.15) is 52.4 Å². The highest BCUT2D eigenvalue weighted by Gasteiger charge is 2.26. The third kappa shape index (κ3) is 6.05. The minimum absolute atomic E-state index is 0.0123. The molecule has 1 amide bonds. The molecule has 0 spiro atoms. The fourth-order valence-corrected chi connectivity index (χ4v) is 2.71. The predicted molar refractivity (Wildman–Crippen MR) is 74.0 cm³/mol. The van der Waals surface area contributed by atoms with Gasteiger partial charge in [0.1, 0.15) is 0 Å². The SMILES string of the molecule is CCCC(C)NC(=O)CN1CCCCC1CC(=O)O. The lowest BCUT2D eigenvalue weighted by atomic mass is 9.99. The minimum Gasteiger partial charge on any atom is -0.481 e. The number of hydrogen-bond donors (Lipinski definition) is 2. The second-order valence-corrected chi connectivity index (χ2v) is 5.48. The van der Waals surface area contributed by atoms with Crippen molar-refractivity contribution in [1.82, 2.24) is 10.2 Å². The number of aliphatic carboxylic acids is 1. The van der Waals surface area contributed by atoms with E-state index in [1.54, 1.807) is 0 Å². The second kappa shape index (κ2) is 8.15. The van der Waals surface area contributed by atoms with Gasteiger partial charge < -0.3 is 10.4 Å². The van der Waals surface area contributed by atoms with Gasteiger partial charge >= 0.3 is 5.97 Å². The molecule has 1 aliphatic rings. The van der Waals surface area contributed by atoms with Crippen molar-refractivity contribution in [1.29, 1.82) is 0 Å². The number of nitrogens with one attached hydrogen (secondary N) is 1. The molecule has 1 aliphatic heterocycles. The van der Waals surface area contributed by atoms with E-state index in [4.69, 9.17) is 5.11 Å². The Kier molecular flexibility index (Phi) is 6.84. The zero-order chi connectivity index (χ0) is 14.3. The van der Waals surface area contributed by atoms with E-state index in [0.29, 0.717) is 6.54 Å². The van der Waals surface area contributed by atoms with Crippen LogP contribution in [-0.4, -0.2) is 47.1 Å². The molecule has 0 aromatic heterocycles. The van der Waals surface area contributed by atoms with Gasteiger partial charge in [0.05, 0.1) is 13.0 Å². The average molecular weight is 270 g/mol. The van der Waals surface area contributed by atoms with E-state index in [1.165, 1.54) is 0 Å². The molecule has 1 rings (SSSR count). The van der Waals surface area contributed by atoms with Crippen molar-refractivity contribution in [3.63, 3.8) is 0 Å². The summed E-state index contributed by atoms with van der Waals surface area (Å²) in [4.78, 5) is 24.8. The van der Waals surface area contributed by atoms with Crippen LogP contribution in [0.2, 0.25) is 0 Å². The van der Waals surface area contributed by atoms with Crippen LogP contribution in [0, 0.1) is 0 Å². The van der Waals surface area contributed by atoms with Crippen LogP contribution in [-0.2, 0) is 9.59 Å². The molecule has 110 valence electrons. The van der Waals surface area contributed by atoms with Gasteiger partial charge in [-0.2, -0.15) is 0 Å². The molecule has 0 aromatic rings. The van der Waals surface area contributed by atoms with Crippen molar-refractivity contribution < 1.29 is 14.7 Å². The Bertz CT molecular complexity index is 307. The van der Waals surface area contributed by atoms with Gasteiger partial charge in [-0.15, -0.1) is 0 Å². The number of amides is 1. The Morgan fingerprint density at radius 2 is 2.16 bits per heavy atom. The molecular weight excluding hydrogens is 244 g/mol. The topological polar surface area (TPSA) is 69.6 Å². The summed E-state index contributed by atoms with van der Waals surface area (Å²) in [6.45, 7) is 5.25. The van der Waals surface area contributed by atoms with Crippen molar-refractivity contribution >= 4 is 11.9 Å². The fourth-order valence-electron chi connectivity index (χ4n) is 2.71. The maximum Gasteiger partial charge on any atom is 0.304 e. The molecule has 2 unspecified atom stereocenters. The zero-order valence-electron chi connectivity index (χ0n) is 12.0. The molecule has 5 heteroatoms. The molecule has 19 heavy (non-hydrogen) atoms. The van der Waals surface area contributed by atoms with E-state index >= 15 is 0 Å². The lowest BCUT2D eigenvalue weighted by Gasteiger charge is -2.34. The van der Waals surface area contributed by atoms with Gasteiger partial charge in [0.2, 0.25) is 5.91 Å². The summed E-state index contributed by atoms with van der Waals surface area (Å²) >= 11 is 0. The van der Waals surface area contributed by atoms with Crippen molar-refractivity contribution in [3.8, 4) is 0 Å². The van der Waals surface area contributed by atoms with Crippen LogP contribution >= 0.6 is 0 Å². The summed E-state index contributed by atoms with van der Waals surface area (Å²) in [6, 6.07) is 0.207. The Morgan fingerprint density at radius 3 is 2.79 bits per heavy atom. The molecule has 0 saturated carbocycles. The summed E-state index contributed by atoms with van der Waals surface area (Å²) in [6.07, 6.45) is 5.15. The predicted octanol–water partition coefficient (Wildman–Crippen LogP) is 1.62. The molecule has 1 heterocycles. The number of carboxylic acids is 1. The number of carboxylic acid groups (broad SMARTS) is 1. The number of piperidine rings is 1. The van der Waals surface area contributed by atoms with Gasteiger partial charge in [-0.25, -0.2) is 0 Å². The highest BCUT2D eigenvalue weighted by atomic mass is 16.4. The Balaban J connectivity index is 2.43. The lowest BCUT2D eigenvalue weighted by molar-refractivity contribution is -0.139. The van der Waals surface area contributed by atoms with Crippen LogP contribution in [0.15, 0.2) is 0 Å². The van der Waals surface area contributed by atoms with E-state index in [1.807, 2.05) is 11.8 Å². The molecule has 2 atom stereocenters. The maximum atomic E-state index is 11.9. The second-order valence-electron chi connectivity index (χ2n) is 5.48. The van der Waals surface area contributed by atoms with Crippen molar-refractivity contribution in [2.24, 2.45) is 0 Å². The van der Waals surface area contributed by atoms with Gasteiger partial charge in [-0.3, -0.25) is 14.5 Å². The molecular formula is C14H26N2O3. The first-order chi connectivity index (χ1) is 9.02. The molecule has 5 nitrogen and oxygen atoms in total. The van der Waals surface area contributed by atoms with Crippen molar-refractivity contribution in [2.75, 3.05) is 13.1 Å². The molecule has 0 aromatic carbocycles. The van der Waals surface area contributed by atoms with E-state index in [0.717, 1.165) is 38.6 Å². The van der Waals surface area contributed by atoms with Crippen LogP contribution in [0.25, 0.3) is 0 Å². The van der Waals surface area contributed by atoms with Crippen LogP contribution < -0.4 is 5.32 Å². The molecule has 0 aliphatic carbocycles. The van der Waals surface area contributed by atoms with Crippen molar-refractivity contribution in [3.05, 3.63) is 0 Å². The van der Waals surface area contributed by atoms with Gasteiger partial charge in [-0.1, -0.05) is 19.8 Å². The first-order valence-electron chi connectivity index (χ1n) is 7.28. The third-order valence-corrected chi connectivity index (χ3v) is 3.64. The number of carbonyl (C=O) groups is 2. The molecule has 2 N–H and O–H groups in total. The van der Waals surface area contributed by atoms with Gasteiger partial charge in [0.25, 0.3) is 0 Å². The van der Waals surface area contributed by atoms with Crippen LogP contribution in [0.4, 0.5) is 0 Å². The summed E-state index contributed by atoms with van der Waals surface area (Å²) in [5, 5.41) is 11.9. The summed E-state index contributed by atoms with van der Waals surface area (Å²) < 4.78 is 0. The van der Waals surface area contributed by atoms with Crippen LogP contribution in [0.5, 0.6) is 0 Å².